The molecule has 1 rings (SSSR count). The Hall–Kier alpha value is -2.22. The van der Waals surface area contributed by atoms with E-state index in [-0.39, 0.29) is 30.2 Å². The quantitative estimate of drug-likeness (QED) is 0.651. The summed E-state index contributed by atoms with van der Waals surface area (Å²) in [4.78, 5) is 26.1. The highest BCUT2D eigenvalue weighted by Crippen LogP contribution is 2.19. The summed E-state index contributed by atoms with van der Waals surface area (Å²) >= 11 is 0. The van der Waals surface area contributed by atoms with Crippen LogP contribution in [0.2, 0.25) is 0 Å². The second-order valence-electron chi connectivity index (χ2n) is 3.46. The summed E-state index contributed by atoms with van der Waals surface area (Å²) in [6.07, 6.45) is 5.30. The van der Waals surface area contributed by atoms with E-state index in [2.05, 4.69) is 10.9 Å². The van der Waals surface area contributed by atoms with Crippen LogP contribution in [-0.2, 0) is 9.47 Å². The highest BCUT2D eigenvalue weighted by atomic mass is 16.5. The minimum absolute atomic E-state index is 0.188. The second-order valence-corrected chi connectivity index (χ2v) is 3.46. The zero-order valence-corrected chi connectivity index (χ0v) is 10.6. The number of terminal acetylenes is 1. The number of hydrogen-bond acceptors (Lipinski definition) is 4. The van der Waals surface area contributed by atoms with E-state index < -0.39 is 11.9 Å². The molecule has 1 N–H and O–H groups in total. The number of ether oxygens (including phenoxy) is 2. The normalized spacial score (nSPS) is 9.67. The molecule has 0 aliphatic heterocycles. The first-order valence-corrected chi connectivity index (χ1v) is 5.60. The van der Waals surface area contributed by atoms with Crippen LogP contribution in [0.1, 0.15) is 46.0 Å². The van der Waals surface area contributed by atoms with Gasteiger partial charge < -0.3 is 14.5 Å². The number of esters is 2. The molecule has 0 saturated heterocycles. The van der Waals surface area contributed by atoms with Crippen LogP contribution in [0.15, 0.2) is 0 Å². The molecule has 96 valence electrons. The van der Waals surface area contributed by atoms with Crippen molar-refractivity contribution in [2.75, 3.05) is 13.2 Å². The highest BCUT2D eigenvalue weighted by Gasteiger charge is 2.24. The first kappa shape index (κ1) is 13.8. The molecular formula is C13H15NO4. The third kappa shape index (κ3) is 2.54. The lowest BCUT2D eigenvalue weighted by Gasteiger charge is -2.02. The number of nitrogens with one attached hydrogen (secondary N) is 1. The van der Waals surface area contributed by atoms with Crippen molar-refractivity contribution in [1.82, 2.24) is 4.98 Å². The summed E-state index contributed by atoms with van der Waals surface area (Å²) in [5, 5.41) is 0. The maximum absolute atomic E-state index is 11.7. The Bertz CT molecular complexity index is 508. The van der Waals surface area contributed by atoms with Gasteiger partial charge in [-0.05, 0) is 26.3 Å². The van der Waals surface area contributed by atoms with Crippen LogP contribution in [0.25, 0.3) is 0 Å². The minimum atomic E-state index is -0.547. The Labute approximate surface area is 105 Å². The predicted molar refractivity (Wildman–Crippen MR) is 65.4 cm³/mol. The Kier molecular flexibility index (Phi) is 4.55. The van der Waals surface area contributed by atoms with Crippen LogP contribution in [0.5, 0.6) is 0 Å². The topological polar surface area (TPSA) is 68.4 Å². The van der Waals surface area contributed by atoms with Crippen molar-refractivity contribution >= 4 is 11.9 Å². The number of carbonyl (C=O) groups is 2. The third-order valence-electron chi connectivity index (χ3n) is 2.35. The molecule has 0 aliphatic rings. The van der Waals surface area contributed by atoms with Gasteiger partial charge in [0.1, 0.15) is 11.4 Å². The first-order valence-electron chi connectivity index (χ1n) is 5.60. The molecule has 1 aromatic rings. The molecule has 0 saturated carbocycles. The molecule has 0 radical (unpaired) electrons. The van der Waals surface area contributed by atoms with E-state index in [0.717, 1.165) is 0 Å². The SMILES string of the molecule is C#Cc1[nH]c(C(=O)OCC)c(C)c1C(=O)OCC. The molecule has 0 bridgehead atoms. The van der Waals surface area contributed by atoms with E-state index in [1.807, 2.05) is 0 Å². The zero-order chi connectivity index (χ0) is 13.7. The molecule has 5 nitrogen and oxygen atoms in total. The molecule has 0 unspecified atom stereocenters. The van der Waals surface area contributed by atoms with Gasteiger partial charge in [0.05, 0.1) is 18.8 Å². The van der Waals surface area contributed by atoms with E-state index in [4.69, 9.17) is 15.9 Å². The van der Waals surface area contributed by atoms with E-state index in [1.165, 1.54) is 0 Å². The third-order valence-corrected chi connectivity index (χ3v) is 2.35. The van der Waals surface area contributed by atoms with Crippen LogP contribution in [-0.4, -0.2) is 30.1 Å². The van der Waals surface area contributed by atoms with E-state index in [1.54, 1.807) is 20.8 Å². The van der Waals surface area contributed by atoms with Gasteiger partial charge in [-0.15, -0.1) is 6.42 Å². The van der Waals surface area contributed by atoms with Crippen LogP contribution in [0.4, 0.5) is 0 Å². The Morgan fingerprint density at radius 2 is 1.78 bits per heavy atom. The fraction of sp³-hybridized carbons (Fsp3) is 0.385. The number of hydrogen-bond donors (Lipinski definition) is 1. The zero-order valence-electron chi connectivity index (χ0n) is 10.6. The fourth-order valence-electron chi connectivity index (χ4n) is 1.57. The monoisotopic (exact) mass is 249 g/mol. The average Bonchev–Trinajstić information content (AvgIpc) is 2.67. The smallest absolute Gasteiger partial charge is 0.355 e. The molecule has 0 amide bonds. The second kappa shape index (κ2) is 5.92. The van der Waals surface area contributed by atoms with Gasteiger partial charge in [0, 0.05) is 0 Å². The maximum atomic E-state index is 11.7. The van der Waals surface area contributed by atoms with Crippen LogP contribution in [0, 0.1) is 19.3 Å². The molecule has 0 aliphatic carbocycles. The van der Waals surface area contributed by atoms with Gasteiger partial charge in [0.2, 0.25) is 0 Å². The van der Waals surface area contributed by atoms with Crippen LogP contribution >= 0.6 is 0 Å². The number of rotatable bonds is 4. The highest BCUT2D eigenvalue weighted by molar-refractivity contribution is 5.99. The van der Waals surface area contributed by atoms with Crippen LogP contribution in [0.3, 0.4) is 0 Å². The van der Waals surface area contributed by atoms with Gasteiger partial charge in [-0.3, -0.25) is 0 Å². The molecule has 1 aromatic heterocycles. The summed E-state index contributed by atoms with van der Waals surface area (Å²) in [5.41, 5.74) is 1.07. The molecule has 18 heavy (non-hydrogen) atoms. The number of aromatic nitrogens is 1. The molecular weight excluding hydrogens is 234 g/mol. The first-order chi connectivity index (χ1) is 8.56. The lowest BCUT2D eigenvalue weighted by atomic mass is 10.1. The number of aromatic amines is 1. The van der Waals surface area contributed by atoms with E-state index in [0.29, 0.717) is 5.56 Å². The molecule has 0 aromatic carbocycles. The summed E-state index contributed by atoms with van der Waals surface area (Å²) in [7, 11) is 0. The van der Waals surface area contributed by atoms with Crippen molar-refractivity contribution in [3.05, 3.63) is 22.5 Å². The lowest BCUT2D eigenvalue weighted by molar-refractivity contribution is 0.0518. The summed E-state index contributed by atoms with van der Waals surface area (Å²) in [6.45, 7) is 5.50. The Morgan fingerprint density at radius 1 is 1.22 bits per heavy atom. The van der Waals surface area contributed by atoms with Gasteiger partial charge in [-0.2, -0.15) is 0 Å². The van der Waals surface area contributed by atoms with Crippen molar-refractivity contribution in [3.8, 4) is 12.3 Å². The van der Waals surface area contributed by atoms with Crippen molar-refractivity contribution in [2.45, 2.75) is 20.8 Å². The van der Waals surface area contributed by atoms with Gasteiger partial charge in [0.15, 0.2) is 0 Å². The van der Waals surface area contributed by atoms with Gasteiger partial charge >= 0.3 is 11.9 Å². The molecule has 0 fully saturated rings. The average molecular weight is 249 g/mol. The van der Waals surface area contributed by atoms with Crippen molar-refractivity contribution < 1.29 is 19.1 Å². The van der Waals surface area contributed by atoms with Crippen LogP contribution < -0.4 is 0 Å². The largest absolute Gasteiger partial charge is 0.462 e. The molecule has 0 spiro atoms. The summed E-state index contributed by atoms with van der Waals surface area (Å²) in [6, 6.07) is 0. The van der Waals surface area contributed by atoms with E-state index in [9.17, 15) is 9.59 Å². The Morgan fingerprint density at radius 3 is 2.28 bits per heavy atom. The summed E-state index contributed by atoms with van der Waals surface area (Å²) in [5.74, 6) is 1.24. The minimum Gasteiger partial charge on any atom is -0.462 e. The van der Waals surface area contributed by atoms with Gasteiger partial charge in [-0.1, -0.05) is 5.92 Å². The predicted octanol–water partition coefficient (Wildman–Crippen LogP) is 1.66. The fourth-order valence-corrected chi connectivity index (χ4v) is 1.57. The van der Waals surface area contributed by atoms with Crippen molar-refractivity contribution in [3.63, 3.8) is 0 Å². The van der Waals surface area contributed by atoms with E-state index >= 15 is 0 Å². The molecule has 5 heteroatoms. The van der Waals surface area contributed by atoms with Gasteiger partial charge in [0.25, 0.3) is 0 Å². The van der Waals surface area contributed by atoms with Gasteiger partial charge in [-0.25, -0.2) is 9.59 Å². The van der Waals surface area contributed by atoms with Crippen molar-refractivity contribution in [2.24, 2.45) is 0 Å². The number of carbonyl (C=O) groups excluding carboxylic acids is 2. The maximum Gasteiger partial charge on any atom is 0.355 e. The molecule has 1 heterocycles. The molecule has 0 atom stereocenters. The standard InChI is InChI=1S/C13H15NO4/c1-5-9-10(12(15)17-6-2)8(4)11(14-9)13(16)18-7-3/h1,14H,6-7H2,2-4H3. The lowest BCUT2D eigenvalue weighted by Crippen LogP contribution is -2.09. The number of H-pyrrole nitrogens is 1. The summed E-state index contributed by atoms with van der Waals surface area (Å²) < 4.78 is 9.77. The Balaban J connectivity index is 3.23. The van der Waals surface area contributed by atoms with Crippen molar-refractivity contribution in [1.29, 1.82) is 0 Å².